The molecule has 0 saturated heterocycles. The first-order valence-electron chi connectivity index (χ1n) is 8.63. The van der Waals surface area contributed by atoms with Gasteiger partial charge in [-0.25, -0.2) is 0 Å². The topological polar surface area (TPSA) is 76.7 Å². The average Bonchev–Trinajstić information content (AvgIpc) is 2.69. The maximum absolute atomic E-state index is 11.9. The van der Waals surface area contributed by atoms with E-state index >= 15 is 0 Å². The number of hydrogen-bond donors (Lipinski definition) is 2. The molecular weight excluding hydrogens is 344 g/mol. The molecule has 0 aromatic heterocycles. The Balaban J connectivity index is 1.82. The van der Waals surface area contributed by atoms with Crippen molar-refractivity contribution in [2.24, 2.45) is 0 Å². The van der Waals surface area contributed by atoms with Crippen LogP contribution in [-0.2, 0) is 9.59 Å². The fraction of sp³-hybridized carbons (Fsp3) is 0.238. The van der Waals surface area contributed by atoms with Gasteiger partial charge in [0.15, 0.2) is 6.61 Å². The number of ether oxygens (including phenoxy) is 2. The van der Waals surface area contributed by atoms with E-state index in [-0.39, 0.29) is 12.5 Å². The number of para-hydroxylation sites is 2. The quantitative estimate of drug-likeness (QED) is 0.582. The first kappa shape index (κ1) is 20.0. The maximum atomic E-state index is 11.9. The summed E-state index contributed by atoms with van der Waals surface area (Å²) in [6.45, 7) is 3.91. The van der Waals surface area contributed by atoms with Gasteiger partial charge in [0.2, 0.25) is 0 Å². The standard InChI is InChI=1S/C21H24N2O4/c1-15(2)17-9-5-7-11-19(17)27-14-21(25)23-22-20(24)13-12-16-8-4-6-10-18(16)26-3/h4-13,15H,14H2,1-3H3,(H,22,24)(H,23,25)/b13-12+. The summed E-state index contributed by atoms with van der Waals surface area (Å²) < 4.78 is 10.8. The van der Waals surface area contributed by atoms with Crippen molar-refractivity contribution < 1.29 is 19.1 Å². The normalized spacial score (nSPS) is 10.7. The third-order valence-corrected chi connectivity index (χ3v) is 3.78. The van der Waals surface area contributed by atoms with Crippen molar-refractivity contribution in [1.29, 1.82) is 0 Å². The summed E-state index contributed by atoms with van der Waals surface area (Å²) in [5.41, 5.74) is 6.42. The van der Waals surface area contributed by atoms with Crippen LogP contribution in [0.4, 0.5) is 0 Å². The second kappa shape index (κ2) is 10.0. The smallest absolute Gasteiger partial charge is 0.276 e. The van der Waals surface area contributed by atoms with E-state index < -0.39 is 11.8 Å². The van der Waals surface area contributed by atoms with Gasteiger partial charge in [0.05, 0.1) is 7.11 Å². The summed E-state index contributed by atoms with van der Waals surface area (Å²) in [5, 5.41) is 0. The molecule has 2 rings (SSSR count). The molecular formula is C21H24N2O4. The first-order chi connectivity index (χ1) is 13.0. The molecule has 0 saturated carbocycles. The zero-order chi connectivity index (χ0) is 19.6. The monoisotopic (exact) mass is 368 g/mol. The highest BCUT2D eigenvalue weighted by atomic mass is 16.5. The Morgan fingerprint density at radius 2 is 1.67 bits per heavy atom. The van der Waals surface area contributed by atoms with E-state index in [1.165, 1.54) is 6.08 Å². The van der Waals surface area contributed by atoms with Gasteiger partial charge in [-0.3, -0.25) is 20.4 Å². The minimum absolute atomic E-state index is 0.194. The lowest BCUT2D eigenvalue weighted by atomic mass is 10.0. The molecule has 2 aromatic rings. The van der Waals surface area contributed by atoms with Gasteiger partial charge in [0.1, 0.15) is 11.5 Å². The fourth-order valence-corrected chi connectivity index (χ4v) is 2.41. The molecule has 0 bridgehead atoms. The molecule has 27 heavy (non-hydrogen) atoms. The Morgan fingerprint density at radius 1 is 1.00 bits per heavy atom. The second-order valence-electron chi connectivity index (χ2n) is 6.09. The number of methoxy groups -OCH3 is 1. The van der Waals surface area contributed by atoms with Crippen molar-refractivity contribution in [2.45, 2.75) is 19.8 Å². The average molecular weight is 368 g/mol. The number of rotatable bonds is 7. The van der Waals surface area contributed by atoms with E-state index in [2.05, 4.69) is 24.7 Å². The molecule has 0 unspecified atom stereocenters. The van der Waals surface area contributed by atoms with Crippen molar-refractivity contribution in [1.82, 2.24) is 10.9 Å². The first-order valence-corrected chi connectivity index (χ1v) is 8.63. The molecule has 0 aliphatic heterocycles. The van der Waals surface area contributed by atoms with Gasteiger partial charge >= 0.3 is 0 Å². The number of carbonyl (C=O) groups is 2. The number of benzene rings is 2. The van der Waals surface area contributed by atoms with Crippen LogP contribution in [0, 0.1) is 0 Å². The number of hydrogen-bond acceptors (Lipinski definition) is 4. The summed E-state index contributed by atoms with van der Waals surface area (Å²) in [7, 11) is 1.56. The molecule has 142 valence electrons. The fourth-order valence-electron chi connectivity index (χ4n) is 2.41. The van der Waals surface area contributed by atoms with Gasteiger partial charge in [-0.1, -0.05) is 50.2 Å². The van der Waals surface area contributed by atoms with Gasteiger partial charge in [0.25, 0.3) is 11.8 Å². The van der Waals surface area contributed by atoms with Gasteiger partial charge in [-0.2, -0.15) is 0 Å². The molecule has 0 radical (unpaired) electrons. The van der Waals surface area contributed by atoms with Crippen LogP contribution in [0.2, 0.25) is 0 Å². The van der Waals surface area contributed by atoms with E-state index in [9.17, 15) is 9.59 Å². The van der Waals surface area contributed by atoms with Gasteiger partial charge in [-0.05, 0) is 29.7 Å². The third-order valence-electron chi connectivity index (χ3n) is 3.78. The van der Waals surface area contributed by atoms with Crippen LogP contribution in [0.15, 0.2) is 54.6 Å². The minimum Gasteiger partial charge on any atom is -0.496 e. The van der Waals surface area contributed by atoms with Crippen molar-refractivity contribution in [3.05, 3.63) is 65.7 Å². The van der Waals surface area contributed by atoms with Gasteiger partial charge < -0.3 is 9.47 Å². The summed E-state index contributed by atoms with van der Waals surface area (Å²) in [6.07, 6.45) is 2.92. The van der Waals surface area contributed by atoms with Crippen LogP contribution in [0.1, 0.15) is 30.9 Å². The largest absolute Gasteiger partial charge is 0.496 e. The Bertz CT molecular complexity index is 815. The highest BCUT2D eigenvalue weighted by Gasteiger charge is 2.09. The zero-order valence-corrected chi connectivity index (χ0v) is 15.7. The maximum Gasteiger partial charge on any atom is 0.276 e. The van der Waals surface area contributed by atoms with E-state index in [4.69, 9.17) is 9.47 Å². The predicted octanol–water partition coefficient (Wildman–Crippen LogP) is 3.06. The SMILES string of the molecule is COc1ccccc1/C=C/C(=O)NNC(=O)COc1ccccc1C(C)C. The molecule has 6 nitrogen and oxygen atoms in total. The highest BCUT2D eigenvalue weighted by Crippen LogP contribution is 2.25. The van der Waals surface area contributed by atoms with E-state index in [1.54, 1.807) is 19.3 Å². The molecule has 0 aliphatic carbocycles. The molecule has 0 heterocycles. The Morgan fingerprint density at radius 3 is 2.37 bits per heavy atom. The number of amides is 2. The van der Waals surface area contributed by atoms with Crippen LogP contribution in [0.5, 0.6) is 11.5 Å². The van der Waals surface area contributed by atoms with Crippen molar-refractivity contribution in [3.63, 3.8) is 0 Å². The molecule has 2 N–H and O–H groups in total. The summed E-state index contributed by atoms with van der Waals surface area (Å²) >= 11 is 0. The summed E-state index contributed by atoms with van der Waals surface area (Å²) in [5.74, 6) is 0.682. The minimum atomic E-state index is -0.461. The van der Waals surface area contributed by atoms with E-state index in [0.717, 1.165) is 11.1 Å². The van der Waals surface area contributed by atoms with Gasteiger partial charge in [0, 0.05) is 11.6 Å². The van der Waals surface area contributed by atoms with Crippen molar-refractivity contribution in [3.8, 4) is 11.5 Å². The Kier molecular flexibility index (Phi) is 7.43. The number of nitrogens with one attached hydrogen (secondary N) is 2. The molecule has 0 aliphatic rings. The molecule has 2 aromatic carbocycles. The van der Waals surface area contributed by atoms with Gasteiger partial charge in [-0.15, -0.1) is 0 Å². The van der Waals surface area contributed by atoms with Crippen molar-refractivity contribution >= 4 is 17.9 Å². The van der Waals surface area contributed by atoms with E-state index in [1.807, 2.05) is 42.5 Å². The van der Waals surface area contributed by atoms with Crippen LogP contribution in [0.25, 0.3) is 6.08 Å². The molecule has 0 spiro atoms. The lowest BCUT2D eigenvalue weighted by molar-refractivity contribution is -0.128. The molecule has 6 heteroatoms. The van der Waals surface area contributed by atoms with Crippen molar-refractivity contribution in [2.75, 3.05) is 13.7 Å². The molecule has 2 amide bonds. The Hall–Kier alpha value is -3.28. The van der Waals surface area contributed by atoms with E-state index in [0.29, 0.717) is 11.5 Å². The molecule has 0 atom stereocenters. The van der Waals surface area contributed by atoms with Crippen LogP contribution in [-0.4, -0.2) is 25.5 Å². The van der Waals surface area contributed by atoms with Crippen LogP contribution >= 0.6 is 0 Å². The zero-order valence-electron chi connectivity index (χ0n) is 15.7. The van der Waals surface area contributed by atoms with Crippen LogP contribution in [0.3, 0.4) is 0 Å². The predicted molar refractivity (Wildman–Crippen MR) is 104 cm³/mol. The number of carbonyl (C=O) groups excluding carboxylic acids is 2. The Labute approximate surface area is 159 Å². The highest BCUT2D eigenvalue weighted by molar-refractivity contribution is 5.93. The molecule has 0 fully saturated rings. The second-order valence-corrected chi connectivity index (χ2v) is 6.09. The summed E-state index contributed by atoms with van der Waals surface area (Å²) in [6, 6.07) is 14.9. The van der Waals surface area contributed by atoms with Crippen LogP contribution < -0.4 is 20.3 Å². The lowest BCUT2D eigenvalue weighted by Crippen LogP contribution is -2.43. The third kappa shape index (κ3) is 6.18. The summed E-state index contributed by atoms with van der Waals surface area (Å²) in [4.78, 5) is 23.7. The number of hydrazine groups is 1. The lowest BCUT2D eigenvalue weighted by Gasteiger charge is -2.13.